The number of methoxy groups -OCH3 is 1. The predicted octanol–water partition coefficient (Wildman–Crippen LogP) is 5.06. The van der Waals surface area contributed by atoms with Crippen molar-refractivity contribution in [1.82, 2.24) is 10.2 Å². The monoisotopic (exact) mass is 591 g/mol. The van der Waals surface area contributed by atoms with Crippen LogP contribution in [-0.4, -0.2) is 51.4 Å². The molecular weight excluding hydrogens is 561 g/mol. The fraction of sp³-hybridized carbons (Fsp3) is 0.286. The van der Waals surface area contributed by atoms with E-state index in [0.29, 0.717) is 22.2 Å². The topological polar surface area (TPSA) is 96.0 Å². The SMILES string of the molecule is CCNC(=O)C(C)N(Cc1ccc(Cl)cc1Cl)C(=O)CN(c1ccccc1OC)S(=O)(=O)c1ccc(C)cc1. The minimum atomic E-state index is -4.21. The molecule has 0 radical (unpaired) electrons. The van der Waals surface area contributed by atoms with Gasteiger partial charge in [0, 0.05) is 23.1 Å². The number of carbonyl (C=O) groups excluding carboxylic acids is 2. The zero-order valence-corrected chi connectivity index (χ0v) is 24.5. The summed E-state index contributed by atoms with van der Waals surface area (Å²) in [4.78, 5) is 28.0. The molecule has 1 N–H and O–H groups in total. The summed E-state index contributed by atoms with van der Waals surface area (Å²) in [5.74, 6) is -0.729. The molecule has 208 valence electrons. The number of rotatable bonds is 11. The fourth-order valence-electron chi connectivity index (χ4n) is 3.92. The molecule has 0 aliphatic heterocycles. The predicted molar refractivity (Wildman–Crippen MR) is 154 cm³/mol. The van der Waals surface area contributed by atoms with Crippen molar-refractivity contribution in [3.05, 3.63) is 87.9 Å². The minimum absolute atomic E-state index is 0.0101. The zero-order valence-electron chi connectivity index (χ0n) is 22.1. The summed E-state index contributed by atoms with van der Waals surface area (Å²) >= 11 is 12.4. The van der Waals surface area contributed by atoms with Gasteiger partial charge in [-0.15, -0.1) is 0 Å². The maximum Gasteiger partial charge on any atom is 0.264 e. The van der Waals surface area contributed by atoms with Gasteiger partial charge in [-0.3, -0.25) is 13.9 Å². The molecule has 0 saturated heterocycles. The lowest BCUT2D eigenvalue weighted by molar-refractivity contribution is -0.139. The second kappa shape index (κ2) is 13.2. The summed E-state index contributed by atoms with van der Waals surface area (Å²) in [6.45, 7) is 4.92. The van der Waals surface area contributed by atoms with Crippen LogP contribution in [0.3, 0.4) is 0 Å². The lowest BCUT2D eigenvalue weighted by atomic mass is 10.1. The number of para-hydroxylation sites is 2. The number of halogens is 2. The third-order valence-electron chi connectivity index (χ3n) is 6.12. The molecule has 39 heavy (non-hydrogen) atoms. The van der Waals surface area contributed by atoms with Crippen LogP contribution in [0.15, 0.2) is 71.6 Å². The molecule has 3 aromatic rings. The number of nitrogens with one attached hydrogen (secondary N) is 1. The smallest absolute Gasteiger partial charge is 0.264 e. The number of carbonyl (C=O) groups is 2. The Morgan fingerprint density at radius 1 is 1.03 bits per heavy atom. The van der Waals surface area contributed by atoms with E-state index in [0.717, 1.165) is 9.87 Å². The van der Waals surface area contributed by atoms with Gasteiger partial charge in [0.25, 0.3) is 10.0 Å². The quantitative estimate of drug-likeness (QED) is 0.336. The third-order valence-corrected chi connectivity index (χ3v) is 8.48. The summed E-state index contributed by atoms with van der Waals surface area (Å²) in [6.07, 6.45) is 0. The summed E-state index contributed by atoms with van der Waals surface area (Å²) in [7, 11) is -2.79. The minimum Gasteiger partial charge on any atom is -0.495 e. The van der Waals surface area contributed by atoms with Gasteiger partial charge in [0.1, 0.15) is 18.3 Å². The van der Waals surface area contributed by atoms with E-state index in [-0.39, 0.29) is 28.8 Å². The normalized spacial score (nSPS) is 11.9. The Labute approximate surface area is 239 Å². The van der Waals surface area contributed by atoms with Crippen molar-refractivity contribution in [2.75, 3.05) is 24.5 Å². The van der Waals surface area contributed by atoms with Crippen LogP contribution in [0.5, 0.6) is 5.75 Å². The second-order valence-corrected chi connectivity index (χ2v) is 11.5. The highest BCUT2D eigenvalue weighted by Crippen LogP contribution is 2.33. The average Bonchev–Trinajstić information content (AvgIpc) is 2.91. The molecule has 1 atom stereocenters. The van der Waals surface area contributed by atoms with E-state index in [9.17, 15) is 18.0 Å². The average molecular weight is 593 g/mol. The van der Waals surface area contributed by atoms with Crippen LogP contribution in [0.1, 0.15) is 25.0 Å². The third kappa shape index (κ3) is 7.23. The lowest BCUT2D eigenvalue weighted by Crippen LogP contribution is -2.51. The molecule has 0 bridgehead atoms. The van der Waals surface area contributed by atoms with Gasteiger partial charge in [0.15, 0.2) is 0 Å². The standard InChI is InChI=1S/C28H31Cl2N3O5S/c1-5-31-28(35)20(3)32(17-21-12-13-22(29)16-24(21)30)27(34)18-33(25-8-6-7-9-26(25)38-4)39(36,37)23-14-10-19(2)11-15-23/h6-16,20H,5,17-18H2,1-4H3,(H,31,35). The number of nitrogens with zero attached hydrogens (tertiary/aromatic N) is 2. The fourth-order valence-corrected chi connectivity index (χ4v) is 5.82. The first-order valence-electron chi connectivity index (χ1n) is 12.2. The van der Waals surface area contributed by atoms with Gasteiger partial charge in [-0.2, -0.15) is 0 Å². The molecule has 11 heteroatoms. The van der Waals surface area contributed by atoms with Crippen LogP contribution in [0, 0.1) is 6.92 Å². The van der Waals surface area contributed by atoms with Gasteiger partial charge in [-0.1, -0.05) is 59.1 Å². The molecule has 0 aliphatic carbocycles. The van der Waals surface area contributed by atoms with Crippen molar-refractivity contribution in [2.45, 2.75) is 38.3 Å². The Morgan fingerprint density at radius 3 is 2.31 bits per heavy atom. The van der Waals surface area contributed by atoms with Crippen LogP contribution in [-0.2, 0) is 26.2 Å². The summed E-state index contributed by atoms with van der Waals surface area (Å²) < 4.78 is 34.3. The van der Waals surface area contributed by atoms with Gasteiger partial charge < -0.3 is 15.0 Å². The molecule has 2 amide bonds. The van der Waals surface area contributed by atoms with Crippen LogP contribution < -0.4 is 14.4 Å². The number of ether oxygens (including phenoxy) is 1. The Balaban J connectivity index is 2.09. The van der Waals surface area contributed by atoms with Gasteiger partial charge in [-0.25, -0.2) is 8.42 Å². The van der Waals surface area contributed by atoms with Crippen molar-refractivity contribution in [3.8, 4) is 5.75 Å². The van der Waals surface area contributed by atoms with Gasteiger partial charge in [0.2, 0.25) is 11.8 Å². The first-order valence-corrected chi connectivity index (χ1v) is 14.4. The first kappa shape index (κ1) is 30.3. The summed E-state index contributed by atoms with van der Waals surface area (Å²) in [6, 6.07) is 16.8. The molecule has 1 unspecified atom stereocenters. The molecule has 0 aliphatic rings. The van der Waals surface area contributed by atoms with Gasteiger partial charge in [-0.05, 0) is 62.7 Å². The van der Waals surface area contributed by atoms with Crippen molar-refractivity contribution in [1.29, 1.82) is 0 Å². The molecule has 0 saturated carbocycles. The number of anilines is 1. The maximum absolute atomic E-state index is 13.9. The Hall–Kier alpha value is -3.27. The maximum atomic E-state index is 13.9. The van der Waals surface area contributed by atoms with Crippen LogP contribution in [0.4, 0.5) is 5.69 Å². The summed E-state index contributed by atoms with van der Waals surface area (Å²) in [5, 5.41) is 3.45. The van der Waals surface area contributed by atoms with Crippen molar-refractivity contribution in [2.24, 2.45) is 0 Å². The van der Waals surface area contributed by atoms with E-state index in [1.165, 1.54) is 24.1 Å². The molecule has 0 spiro atoms. The van der Waals surface area contributed by atoms with E-state index in [1.807, 2.05) is 6.92 Å². The highest BCUT2D eigenvalue weighted by atomic mass is 35.5. The largest absolute Gasteiger partial charge is 0.495 e. The van der Waals surface area contributed by atoms with Crippen LogP contribution in [0.2, 0.25) is 10.0 Å². The number of amides is 2. The summed E-state index contributed by atoms with van der Waals surface area (Å²) in [5.41, 5.74) is 1.62. The van der Waals surface area contributed by atoms with E-state index < -0.39 is 28.5 Å². The Kier molecular flexibility index (Phi) is 10.2. The lowest BCUT2D eigenvalue weighted by Gasteiger charge is -2.32. The first-order chi connectivity index (χ1) is 18.5. The number of likely N-dealkylation sites (N-methyl/N-ethyl adjacent to an activating group) is 1. The molecule has 0 aromatic heterocycles. The number of hydrogen-bond acceptors (Lipinski definition) is 5. The molecule has 0 fully saturated rings. The van der Waals surface area contributed by atoms with Crippen molar-refractivity contribution >= 4 is 50.7 Å². The molecule has 8 nitrogen and oxygen atoms in total. The van der Waals surface area contributed by atoms with Gasteiger partial charge in [0.05, 0.1) is 17.7 Å². The molecule has 0 heterocycles. The Bertz CT molecular complexity index is 1430. The zero-order chi connectivity index (χ0) is 28.7. The highest BCUT2D eigenvalue weighted by Gasteiger charge is 2.33. The van der Waals surface area contributed by atoms with Gasteiger partial charge >= 0.3 is 0 Å². The Morgan fingerprint density at radius 2 is 1.69 bits per heavy atom. The second-order valence-electron chi connectivity index (χ2n) is 8.82. The molecule has 3 aromatic carbocycles. The van der Waals surface area contributed by atoms with Crippen molar-refractivity contribution in [3.63, 3.8) is 0 Å². The van der Waals surface area contributed by atoms with Crippen molar-refractivity contribution < 1.29 is 22.7 Å². The number of benzene rings is 3. The number of sulfonamides is 1. The molecule has 3 rings (SSSR count). The highest BCUT2D eigenvalue weighted by molar-refractivity contribution is 7.92. The van der Waals surface area contributed by atoms with E-state index in [1.54, 1.807) is 68.4 Å². The van der Waals surface area contributed by atoms with E-state index in [2.05, 4.69) is 5.32 Å². The van der Waals surface area contributed by atoms with E-state index in [4.69, 9.17) is 27.9 Å². The number of hydrogen-bond donors (Lipinski definition) is 1. The van der Waals surface area contributed by atoms with Crippen LogP contribution in [0.25, 0.3) is 0 Å². The van der Waals surface area contributed by atoms with E-state index >= 15 is 0 Å². The van der Waals surface area contributed by atoms with Crippen LogP contribution >= 0.6 is 23.2 Å². The molecular formula is C28H31Cl2N3O5S. The number of aryl methyl sites for hydroxylation is 1.